The molecule has 0 radical (unpaired) electrons. The average molecular weight is 245 g/mol. The van der Waals surface area contributed by atoms with Gasteiger partial charge in [0.25, 0.3) is 0 Å². The van der Waals surface area contributed by atoms with Crippen molar-refractivity contribution in [3.05, 3.63) is 24.3 Å². The predicted molar refractivity (Wildman–Crippen MR) is 42.8 cm³/mol. The minimum atomic E-state index is 0. The van der Waals surface area contributed by atoms with E-state index in [1.807, 2.05) is 12.2 Å². The van der Waals surface area contributed by atoms with Crippen LogP contribution >= 0.6 is 24.8 Å². The summed E-state index contributed by atoms with van der Waals surface area (Å²) in [5, 5.41) is 0. The average Bonchev–Trinajstić information content (AvgIpc) is 1.76. The van der Waals surface area contributed by atoms with Crippen LogP contribution < -0.4 is 0 Å². The van der Waals surface area contributed by atoms with Gasteiger partial charge in [0.2, 0.25) is 0 Å². The molecule has 0 aromatic carbocycles. The van der Waals surface area contributed by atoms with Gasteiger partial charge in [-0.3, -0.25) is 6.08 Å². The van der Waals surface area contributed by atoms with E-state index in [1.54, 1.807) is 0 Å². The van der Waals surface area contributed by atoms with Crippen LogP contribution in [0.25, 0.3) is 0 Å². The molecular weight excluding hydrogens is 234 g/mol. The predicted octanol–water partition coefficient (Wildman–Crippen LogP) is 2.78. The van der Waals surface area contributed by atoms with Crippen LogP contribution in [0.15, 0.2) is 18.2 Å². The van der Waals surface area contributed by atoms with Gasteiger partial charge >= 0.3 is 0 Å². The maximum atomic E-state index is 2.99. The Morgan fingerprint density at radius 3 is 1.89 bits per heavy atom. The third-order valence-electron chi connectivity index (χ3n) is 0.586. The molecule has 0 nitrogen and oxygen atoms in total. The second-order valence-electron chi connectivity index (χ2n) is 1.00. The molecule has 1 aliphatic carbocycles. The van der Waals surface area contributed by atoms with Crippen LogP contribution in [0.2, 0.25) is 0 Å². The number of rotatable bonds is 0. The van der Waals surface area contributed by atoms with Crippen molar-refractivity contribution in [2.75, 3.05) is 0 Å². The molecule has 0 aromatic rings. The summed E-state index contributed by atoms with van der Waals surface area (Å²) in [5.41, 5.74) is 0. The Labute approximate surface area is 88.7 Å². The van der Waals surface area contributed by atoms with Crippen molar-refractivity contribution in [2.24, 2.45) is 0 Å². The topological polar surface area (TPSA) is 0 Å². The largest absolute Gasteiger partial charge is 0.273 e. The summed E-state index contributed by atoms with van der Waals surface area (Å²) in [5.74, 6) is 0. The normalized spacial score (nSPS) is 9.78. The summed E-state index contributed by atoms with van der Waals surface area (Å²) in [4.78, 5) is 0. The smallest absolute Gasteiger partial charge is 0 e. The first-order valence-electron chi connectivity index (χ1n) is 1.72. The van der Waals surface area contributed by atoms with Gasteiger partial charge in [-0.15, -0.1) is 31.2 Å². The van der Waals surface area contributed by atoms with E-state index in [0.29, 0.717) is 0 Å². The molecule has 1 rings (SSSR count). The molecule has 0 atom stereocenters. The molecule has 9 heavy (non-hydrogen) atoms. The van der Waals surface area contributed by atoms with Crippen molar-refractivity contribution in [2.45, 2.75) is 13.8 Å². The van der Waals surface area contributed by atoms with Crippen LogP contribution in [0.5, 0.6) is 0 Å². The monoisotopic (exact) mass is 243 g/mol. The second kappa shape index (κ2) is 16.0. The molecular formula is C6H11Cl2Zr-. The first-order valence-corrected chi connectivity index (χ1v) is 1.72. The first-order chi connectivity index (χ1) is 2.50. The van der Waals surface area contributed by atoms with Gasteiger partial charge in [-0.1, -0.05) is 7.43 Å². The molecule has 0 saturated carbocycles. The van der Waals surface area contributed by atoms with Crippen LogP contribution in [0.3, 0.4) is 0 Å². The Bertz CT molecular complexity index is 69.1. The molecule has 0 heterocycles. The molecule has 1 aliphatic rings. The molecule has 0 amide bonds. The van der Waals surface area contributed by atoms with Gasteiger partial charge in [0.15, 0.2) is 0 Å². The van der Waals surface area contributed by atoms with Crippen molar-refractivity contribution in [1.29, 1.82) is 0 Å². The second-order valence-corrected chi connectivity index (χ2v) is 1.00. The van der Waals surface area contributed by atoms with Gasteiger partial charge < -0.3 is 0 Å². The van der Waals surface area contributed by atoms with Crippen LogP contribution in [-0.4, -0.2) is 0 Å². The Morgan fingerprint density at radius 1 is 1.22 bits per heavy atom. The molecule has 0 aliphatic heterocycles. The Hall–Kier alpha value is 0.943. The van der Waals surface area contributed by atoms with E-state index in [9.17, 15) is 0 Å². The fourth-order valence-electron chi connectivity index (χ4n) is 0.340. The number of allylic oxidation sites excluding steroid dienone is 4. The SMILES string of the molecule is C.Cl.Cl.[C-]1=CC=CC1.[Zr]. The first kappa shape index (κ1) is 22.5. The molecule has 0 saturated heterocycles. The zero-order valence-electron chi connectivity index (χ0n) is 4.26. The summed E-state index contributed by atoms with van der Waals surface area (Å²) in [6.07, 6.45) is 10.0. The maximum Gasteiger partial charge on any atom is 0 e. The van der Waals surface area contributed by atoms with Gasteiger partial charge in [0, 0.05) is 26.2 Å². The number of hydrogen-bond donors (Lipinski definition) is 0. The fraction of sp³-hybridized carbons (Fsp3) is 0.333. The van der Waals surface area contributed by atoms with Crippen molar-refractivity contribution in [1.82, 2.24) is 0 Å². The van der Waals surface area contributed by atoms with Gasteiger partial charge in [0.1, 0.15) is 0 Å². The van der Waals surface area contributed by atoms with Crippen LogP contribution in [0.4, 0.5) is 0 Å². The minimum absolute atomic E-state index is 0. The zero-order valence-corrected chi connectivity index (χ0v) is 8.35. The van der Waals surface area contributed by atoms with E-state index in [2.05, 4.69) is 12.2 Å². The Morgan fingerprint density at radius 2 is 1.78 bits per heavy atom. The quantitative estimate of drug-likeness (QED) is 0.576. The van der Waals surface area contributed by atoms with E-state index in [0.717, 1.165) is 6.42 Å². The van der Waals surface area contributed by atoms with Crippen LogP contribution in [-0.2, 0) is 26.2 Å². The zero-order chi connectivity index (χ0) is 3.54. The molecule has 0 spiro atoms. The van der Waals surface area contributed by atoms with Crippen molar-refractivity contribution >= 4 is 24.8 Å². The van der Waals surface area contributed by atoms with E-state index in [4.69, 9.17) is 0 Å². The van der Waals surface area contributed by atoms with Gasteiger partial charge in [0.05, 0.1) is 0 Å². The molecule has 3 heteroatoms. The van der Waals surface area contributed by atoms with Crippen LogP contribution in [0.1, 0.15) is 13.8 Å². The molecule has 0 aromatic heterocycles. The number of halogens is 2. The van der Waals surface area contributed by atoms with E-state index >= 15 is 0 Å². The summed E-state index contributed by atoms with van der Waals surface area (Å²) in [6.45, 7) is 0. The van der Waals surface area contributed by atoms with Gasteiger partial charge in [-0.05, 0) is 0 Å². The Balaban J connectivity index is -0.0000000312. The summed E-state index contributed by atoms with van der Waals surface area (Å²) < 4.78 is 0. The summed E-state index contributed by atoms with van der Waals surface area (Å²) >= 11 is 0. The molecule has 54 valence electrons. The van der Waals surface area contributed by atoms with Gasteiger partial charge in [-0.2, -0.15) is 6.08 Å². The summed E-state index contributed by atoms with van der Waals surface area (Å²) in [6, 6.07) is 0. The standard InChI is InChI=1S/C5H5.CH4.2ClH.Zr/c1-2-4-5-3-1;;;;/h1-3H,4H2;1H4;2*1H;/q-1;;;;. The van der Waals surface area contributed by atoms with Crippen LogP contribution in [0, 0.1) is 6.08 Å². The van der Waals surface area contributed by atoms with E-state index in [-0.39, 0.29) is 58.4 Å². The minimum Gasteiger partial charge on any atom is -0.273 e. The fourth-order valence-corrected chi connectivity index (χ4v) is 0.340. The van der Waals surface area contributed by atoms with Crippen molar-refractivity contribution < 1.29 is 26.2 Å². The molecule has 0 bridgehead atoms. The van der Waals surface area contributed by atoms with Crippen molar-refractivity contribution in [3.8, 4) is 0 Å². The Kier molecular flexibility index (Phi) is 40.0. The molecule has 0 unspecified atom stereocenters. The van der Waals surface area contributed by atoms with Crippen molar-refractivity contribution in [3.63, 3.8) is 0 Å². The summed E-state index contributed by atoms with van der Waals surface area (Å²) in [7, 11) is 0. The maximum absolute atomic E-state index is 2.99. The van der Waals surface area contributed by atoms with E-state index < -0.39 is 0 Å². The third-order valence-corrected chi connectivity index (χ3v) is 0.586. The van der Waals surface area contributed by atoms with Gasteiger partial charge in [-0.25, -0.2) is 12.2 Å². The third kappa shape index (κ3) is 12.2. The molecule has 0 N–H and O–H groups in total. The number of hydrogen-bond acceptors (Lipinski definition) is 0. The molecule has 0 fully saturated rings. The van der Waals surface area contributed by atoms with E-state index in [1.165, 1.54) is 0 Å².